The van der Waals surface area contributed by atoms with Crippen molar-refractivity contribution in [3.05, 3.63) is 87.3 Å². The Hall–Kier alpha value is -4.27. The number of tetrazole rings is 1. The minimum Gasteiger partial charge on any atom is -0.494 e. The number of rotatable bonds is 5. The first-order valence-electron chi connectivity index (χ1n) is 9.88. The molecule has 0 saturated heterocycles. The quantitative estimate of drug-likeness (QED) is 0.456. The van der Waals surface area contributed by atoms with Gasteiger partial charge in [0.15, 0.2) is 0 Å². The number of aromatic amines is 1. The van der Waals surface area contributed by atoms with Crippen LogP contribution in [-0.4, -0.2) is 37.0 Å². The van der Waals surface area contributed by atoms with Crippen LogP contribution in [0.15, 0.2) is 59.4 Å². The smallest absolute Gasteiger partial charge is 0.288 e. The van der Waals surface area contributed by atoms with Gasteiger partial charge in [0.25, 0.3) is 5.56 Å². The molecule has 2 aromatic heterocycles. The maximum atomic E-state index is 12.6. The van der Waals surface area contributed by atoms with Crippen molar-refractivity contribution in [1.82, 2.24) is 30.4 Å². The van der Waals surface area contributed by atoms with E-state index in [2.05, 4.69) is 31.0 Å². The third-order valence-corrected chi connectivity index (χ3v) is 5.04. The van der Waals surface area contributed by atoms with E-state index in [1.165, 1.54) is 0 Å². The summed E-state index contributed by atoms with van der Waals surface area (Å²) in [6.07, 6.45) is 3.83. The topological polar surface area (TPSA) is 111 Å². The fraction of sp³-hybridized carbons (Fsp3) is 0.136. The van der Waals surface area contributed by atoms with Gasteiger partial charge in [0, 0.05) is 5.56 Å². The standard InChI is InChI=1S/C22H19N7O2/c1-2-31-16-11-9-15(10-12-16)20-18-17(13-8-14-6-4-3-5-7-14)24-25-21(30)19(18)23-22-26-27-28-29(20)22/h3-13,20H,2H2,1H3,(H,25,30)(H,23,26,28)/b13-8+/t20-/m0/s1. The largest absolute Gasteiger partial charge is 0.494 e. The van der Waals surface area contributed by atoms with Gasteiger partial charge < -0.3 is 10.1 Å². The average molecular weight is 413 g/mol. The van der Waals surface area contributed by atoms with Gasteiger partial charge in [-0.15, -0.1) is 0 Å². The maximum absolute atomic E-state index is 12.6. The Balaban J connectivity index is 1.66. The van der Waals surface area contributed by atoms with Gasteiger partial charge in [-0.3, -0.25) is 4.79 Å². The molecule has 0 bridgehead atoms. The molecule has 9 nitrogen and oxygen atoms in total. The summed E-state index contributed by atoms with van der Waals surface area (Å²) in [5, 5.41) is 21.9. The van der Waals surface area contributed by atoms with E-state index in [1.807, 2.05) is 73.7 Å². The fourth-order valence-electron chi connectivity index (χ4n) is 3.65. The Bertz CT molecular complexity index is 1290. The number of hydrogen-bond donors (Lipinski definition) is 2. The summed E-state index contributed by atoms with van der Waals surface area (Å²) in [6, 6.07) is 17.1. The second kappa shape index (κ2) is 7.86. The van der Waals surface area contributed by atoms with Crippen molar-refractivity contribution in [3.8, 4) is 5.75 Å². The first-order valence-corrected chi connectivity index (χ1v) is 9.88. The molecular weight excluding hydrogens is 394 g/mol. The number of hydrogen-bond acceptors (Lipinski definition) is 7. The van der Waals surface area contributed by atoms with Crippen LogP contribution in [0.1, 0.15) is 35.3 Å². The number of benzene rings is 2. The van der Waals surface area contributed by atoms with Crippen LogP contribution >= 0.6 is 0 Å². The number of fused-ring (bicyclic) bond motifs is 2. The van der Waals surface area contributed by atoms with Crippen LogP contribution in [0, 0.1) is 0 Å². The monoisotopic (exact) mass is 413 g/mol. The minimum absolute atomic E-state index is 0.336. The van der Waals surface area contributed by atoms with Gasteiger partial charge in [-0.2, -0.15) is 9.78 Å². The van der Waals surface area contributed by atoms with Crippen molar-refractivity contribution >= 4 is 23.8 Å². The summed E-state index contributed by atoms with van der Waals surface area (Å²) in [5.74, 6) is 1.16. The van der Waals surface area contributed by atoms with E-state index in [4.69, 9.17) is 4.74 Å². The Morgan fingerprint density at radius 3 is 2.68 bits per heavy atom. The Morgan fingerprint density at radius 1 is 1.10 bits per heavy atom. The molecule has 5 rings (SSSR count). The van der Waals surface area contributed by atoms with Gasteiger partial charge in [0.1, 0.15) is 17.5 Å². The number of anilines is 2. The van der Waals surface area contributed by atoms with Crippen LogP contribution in [0.25, 0.3) is 12.2 Å². The van der Waals surface area contributed by atoms with Crippen LogP contribution in [-0.2, 0) is 0 Å². The number of nitrogens with zero attached hydrogens (tertiary/aromatic N) is 5. The minimum atomic E-state index is -0.429. The van der Waals surface area contributed by atoms with Gasteiger partial charge in [-0.25, -0.2) is 5.10 Å². The van der Waals surface area contributed by atoms with Crippen molar-refractivity contribution in [2.75, 3.05) is 11.9 Å². The molecule has 0 aliphatic carbocycles. The molecule has 9 heteroatoms. The van der Waals surface area contributed by atoms with E-state index in [9.17, 15) is 4.79 Å². The summed E-state index contributed by atoms with van der Waals surface area (Å²) in [4.78, 5) is 12.6. The molecular formula is C22H19N7O2. The molecule has 0 amide bonds. The molecule has 1 aliphatic heterocycles. The zero-order chi connectivity index (χ0) is 21.2. The predicted molar refractivity (Wildman–Crippen MR) is 116 cm³/mol. The van der Waals surface area contributed by atoms with Gasteiger partial charge in [-0.1, -0.05) is 53.6 Å². The van der Waals surface area contributed by atoms with E-state index < -0.39 is 6.04 Å². The predicted octanol–water partition coefficient (Wildman–Crippen LogP) is 3.02. The molecule has 0 saturated carbocycles. The maximum Gasteiger partial charge on any atom is 0.288 e. The molecule has 0 radical (unpaired) electrons. The summed E-state index contributed by atoms with van der Waals surface area (Å²) in [5.41, 5.74) is 3.28. The van der Waals surface area contributed by atoms with Crippen LogP contribution in [0.3, 0.4) is 0 Å². The highest BCUT2D eigenvalue weighted by Gasteiger charge is 2.33. The van der Waals surface area contributed by atoms with Gasteiger partial charge >= 0.3 is 0 Å². The lowest BCUT2D eigenvalue weighted by Crippen LogP contribution is -2.29. The molecule has 3 heterocycles. The Morgan fingerprint density at radius 2 is 1.90 bits per heavy atom. The SMILES string of the molecule is CCOc1ccc([C@H]2c3c(/C=C/c4ccccc4)n[nH]c(=O)c3Nc3nnnn32)cc1. The number of H-pyrrole nitrogens is 1. The molecule has 1 atom stereocenters. The van der Waals surface area contributed by atoms with E-state index in [0.29, 0.717) is 29.5 Å². The van der Waals surface area contributed by atoms with Crippen LogP contribution in [0.2, 0.25) is 0 Å². The molecule has 154 valence electrons. The van der Waals surface area contributed by atoms with Gasteiger partial charge in [-0.05, 0) is 46.7 Å². The van der Waals surface area contributed by atoms with Gasteiger partial charge in [0.05, 0.1) is 12.3 Å². The van der Waals surface area contributed by atoms with E-state index >= 15 is 0 Å². The Labute approximate surface area is 177 Å². The molecule has 31 heavy (non-hydrogen) atoms. The van der Waals surface area contributed by atoms with Crippen LogP contribution in [0.5, 0.6) is 5.75 Å². The van der Waals surface area contributed by atoms with Crippen LogP contribution in [0.4, 0.5) is 11.6 Å². The molecule has 2 aromatic carbocycles. The summed E-state index contributed by atoms with van der Waals surface area (Å²) in [6.45, 7) is 2.52. The molecule has 4 aromatic rings. The number of ether oxygens (including phenoxy) is 1. The third kappa shape index (κ3) is 3.46. The highest BCUT2D eigenvalue weighted by molar-refractivity contribution is 5.75. The normalized spacial score (nSPS) is 14.7. The highest BCUT2D eigenvalue weighted by Crippen LogP contribution is 2.38. The first kappa shape index (κ1) is 18.7. The number of aromatic nitrogens is 6. The molecule has 0 spiro atoms. The van der Waals surface area contributed by atoms with E-state index in [-0.39, 0.29) is 5.56 Å². The molecule has 0 unspecified atom stereocenters. The number of nitrogens with one attached hydrogen (secondary N) is 2. The second-order valence-electron chi connectivity index (χ2n) is 6.95. The summed E-state index contributed by atoms with van der Waals surface area (Å²) >= 11 is 0. The Kier molecular flexibility index (Phi) is 4.75. The second-order valence-corrected chi connectivity index (χ2v) is 6.95. The van der Waals surface area contributed by atoms with E-state index in [1.54, 1.807) is 4.68 Å². The van der Waals surface area contributed by atoms with Crippen LogP contribution < -0.4 is 15.6 Å². The van der Waals surface area contributed by atoms with Crippen molar-refractivity contribution < 1.29 is 4.74 Å². The average Bonchev–Trinajstić information content (AvgIpc) is 3.27. The summed E-state index contributed by atoms with van der Waals surface area (Å²) in [7, 11) is 0. The van der Waals surface area contributed by atoms with Crippen molar-refractivity contribution in [2.45, 2.75) is 13.0 Å². The molecule has 0 fully saturated rings. The highest BCUT2D eigenvalue weighted by atomic mass is 16.5. The van der Waals surface area contributed by atoms with Crippen molar-refractivity contribution in [3.63, 3.8) is 0 Å². The third-order valence-electron chi connectivity index (χ3n) is 5.04. The van der Waals surface area contributed by atoms with Gasteiger partial charge in [0.2, 0.25) is 5.95 Å². The fourth-order valence-corrected chi connectivity index (χ4v) is 3.65. The lowest BCUT2D eigenvalue weighted by molar-refractivity contribution is 0.340. The summed E-state index contributed by atoms with van der Waals surface area (Å²) < 4.78 is 7.22. The van der Waals surface area contributed by atoms with E-state index in [0.717, 1.165) is 16.9 Å². The molecule has 2 N–H and O–H groups in total. The van der Waals surface area contributed by atoms with Crippen molar-refractivity contribution in [2.24, 2.45) is 0 Å². The zero-order valence-corrected chi connectivity index (χ0v) is 16.7. The van der Waals surface area contributed by atoms with Crippen molar-refractivity contribution in [1.29, 1.82) is 0 Å². The zero-order valence-electron chi connectivity index (χ0n) is 16.7. The lowest BCUT2D eigenvalue weighted by Gasteiger charge is -2.27. The lowest BCUT2D eigenvalue weighted by atomic mass is 9.94. The molecule has 1 aliphatic rings. The first-order chi connectivity index (χ1) is 15.2.